The zero-order valence-electron chi connectivity index (χ0n) is 18.7. The van der Waals surface area contributed by atoms with Crippen LogP contribution in [0.4, 0.5) is 5.69 Å². The van der Waals surface area contributed by atoms with Gasteiger partial charge in [-0.25, -0.2) is 4.79 Å². The molecular weight excluding hydrogens is 396 g/mol. The average molecular weight is 425 g/mol. The number of anilines is 1. The van der Waals surface area contributed by atoms with E-state index in [1.54, 1.807) is 24.1 Å². The number of hydrogen-bond acceptors (Lipinski definition) is 5. The molecule has 1 atom stereocenters. The van der Waals surface area contributed by atoms with Crippen LogP contribution in [0.15, 0.2) is 35.0 Å². The van der Waals surface area contributed by atoms with Crippen molar-refractivity contribution in [1.29, 1.82) is 0 Å². The van der Waals surface area contributed by atoms with Gasteiger partial charge in [0.1, 0.15) is 5.76 Å². The number of rotatable bonds is 7. The molecule has 1 amide bonds. The van der Waals surface area contributed by atoms with Gasteiger partial charge in [0.25, 0.3) is 5.91 Å². The second kappa shape index (κ2) is 9.07. The van der Waals surface area contributed by atoms with Gasteiger partial charge in [0.2, 0.25) is 0 Å². The smallest absolute Gasteiger partial charge is 0.331 e. The third kappa shape index (κ3) is 4.96. The van der Waals surface area contributed by atoms with Crippen LogP contribution in [0.3, 0.4) is 0 Å². The Morgan fingerprint density at radius 3 is 2.61 bits per heavy atom. The van der Waals surface area contributed by atoms with Gasteiger partial charge in [-0.1, -0.05) is 0 Å². The number of furan rings is 1. The van der Waals surface area contributed by atoms with Crippen LogP contribution < -0.4 is 5.32 Å². The van der Waals surface area contributed by atoms with Gasteiger partial charge >= 0.3 is 5.97 Å². The summed E-state index contributed by atoms with van der Waals surface area (Å²) in [4.78, 5) is 24.7. The molecular formula is C23H28N4O4. The molecule has 0 radical (unpaired) electrons. The molecule has 0 saturated heterocycles. The molecule has 0 aromatic carbocycles. The Morgan fingerprint density at radius 2 is 2.00 bits per heavy atom. The van der Waals surface area contributed by atoms with Crippen molar-refractivity contribution in [2.75, 3.05) is 5.32 Å². The Balaban J connectivity index is 1.61. The maximum atomic E-state index is 12.4. The number of nitrogens with zero attached hydrogens (tertiary/aromatic N) is 3. The number of aryl methyl sites for hydroxylation is 3. The molecule has 0 fully saturated rings. The van der Waals surface area contributed by atoms with Crippen molar-refractivity contribution < 1.29 is 18.7 Å². The molecule has 3 aromatic heterocycles. The third-order valence-electron chi connectivity index (χ3n) is 5.33. The molecule has 0 saturated carbocycles. The first-order valence-corrected chi connectivity index (χ1v) is 10.1. The maximum absolute atomic E-state index is 12.4. The lowest BCUT2D eigenvalue weighted by Gasteiger charge is -2.12. The summed E-state index contributed by atoms with van der Waals surface area (Å²) in [5, 5.41) is 7.05. The number of esters is 1. The second-order valence-electron chi connectivity index (χ2n) is 7.56. The lowest BCUT2D eigenvalue weighted by molar-refractivity contribution is -0.148. The van der Waals surface area contributed by atoms with Crippen molar-refractivity contribution in [3.8, 4) is 0 Å². The van der Waals surface area contributed by atoms with Crippen molar-refractivity contribution in [1.82, 2.24) is 14.3 Å². The van der Waals surface area contributed by atoms with Crippen LogP contribution in [0, 0.1) is 27.7 Å². The normalized spacial score (nSPS) is 12.3. The highest BCUT2D eigenvalue weighted by atomic mass is 16.5. The number of nitrogens with one attached hydrogen (secondary N) is 1. The molecule has 1 N–H and O–H groups in total. The van der Waals surface area contributed by atoms with E-state index in [0.29, 0.717) is 17.9 Å². The second-order valence-corrected chi connectivity index (χ2v) is 7.56. The molecule has 0 aliphatic rings. The van der Waals surface area contributed by atoms with E-state index in [4.69, 9.17) is 9.15 Å². The summed E-state index contributed by atoms with van der Waals surface area (Å²) >= 11 is 0. The van der Waals surface area contributed by atoms with Gasteiger partial charge in [-0.3, -0.25) is 9.48 Å². The number of amides is 1. The summed E-state index contributed by atoms with van der Waals surface area (Å²) in [6, 6.07) is 5.77. The van der Waals surface area contributed by atoms with Crippen molar-refractivity contribution >= 4 is 23.6 Å². The van der Waals surface area contributed by atoms with E-state index in [-0.39, 0.29) is 0 Å². The van der Waals surface area contributed by atoms with Gasteiger partial charge in [-0.15, -0.1) is 0 Å². The van der Waals surface area contributed by atoms with E-state index < -0.39 is 18.0 Å². The van der Waals surface area contributed by atoms with Crippen molar-refractivity contribution in [3.05, 3.63) is 64.6 Å². The fourth-order valence-electron chi connectivity index (χ4n) is 3.40. The summed E-state index contributed by atoms with van der Waals surface area (Å²) < 4.78 is 14.5. The zero-order valence-corrected chi connectivity index (χ0v) is 18.7. The molecule has 3 rings (SSSR count). The molecule has 0 bridgehead atoms. The summed E-state index contributed by atoms with van der Waals surface area (Å²) in [6.07, 6.45) is 3.74. The van der Waals surface area contributed by atoms with Gasteiger partial charge in [0.05, 0.1) is 29.9 Å². The van der Waals surface area contributed by atoms with Crippen molar-refractivity contribution in [3.63, 3.8) is 0 Å². The van der Waals surface area contributed by atoms with Gasteiger partial charge < -0.3 is 19.0 Å². The highest BCUT2D eigenvalue weighted by Gasteiger charge is 2.20. The van der Waals surface area contributed by atoms with Crippen LogP contribution in [-0.4, -0.2) is 32.3 Å². The number of aromatic nitrogens is 3. The minimum atomic E-state index is -0.942. The molecule has 3 heterocycles. The molecule has 0 unspecified atom stereocenters. The molecule has 8 heteroatoms. The van der Waals surface area contributed by atoms with Crippen LogP contribution in [0.1, 0.15) is 41.0 Å². The van der Waals surface area contributed by atoms with Crippen LogP contribution in [0.2, 0.25) is 0 Å². The molecule has 31 heavy (non-hydrogen) atoms. The predicted octanol–water partition coefficient (Wildman–Crippen LogP) is 3.68. The Hall–Kier alpha value is -3.55. The third-order valence-corrected chi connectivity index (χ3v) is 5.33. The molecule has 3 aromatic rings. The maximum Gasteiger partial charge on any atom is 0.331 e. The fraction of sp³-hybridized carbons (Fsp3) is 0.348. The van der Waals surface area contributed by atoms with E-state index in [0.717, 1.165) is 28.4 Å². The highest BCUT2D eigenvalue weighted by Crippen LogP contribution is 2.20. The van der Waals surface area contributed by atoms with Crippen molar-refractivity contribution in [2.24, 2.45) is 7.05 Å². The number of carbonyl (C=O) groups is 2. The Morgan fingerprint density at radius 1 is 1.26 bits per heavy atom. The molecule has 0 aliphatic heterocycles. The fourth-order valence-corrected chi connectivity index (χ4v) is 3.40. The van der Waals surface area contributed by atoms with E-state index in [1.807, 2.05) is 45.9 Å². The topological polar surface area (TPSA) is 91.3 Å². The Kier molecular flexibility index (Phi) is 6.48. The number of ether oxygens (including phenoxy) is 1. The summed E-state index contributed by atoms with van der Waals surface area (Å²) in [5.41, 5.74) is 5.13. The lowest BCUT2D eigenvalue weighted by atomic mass is 10.2. The van der Waals surface area contributed by atoms with Gasteiger partial charge in [-0.05, 0) is 64.5 Å². The SMILES string of the molecule is Cc1nn(C)c(C)c1NC(=O)[C@@H](C)OC(=O)/C=C/c1cc(C)n(Cc2ccco2)c1C. The quantitative estimate of drug-likeness (QED) is 0.461. The summed E-state index contributed by atoms with van der Waals surface area (Å²) in [5.74, 6) is -0.133. The Bertz CT molecular complexity index is 1120. The first kappa shape index (κ1) is 22.1. The van der Waals surface area contributed by atoms with Crippen LogP contribution in [-0.2, 0) is 27.9 Å². The Labute approximate surface area is 181 Å². The van der Waals surface area contributed by atoms with E-state index in [9.17, 15) is 9.59 Å². The van der Waals surface area contributed by atoms with Crippen molar-refractivity contribution in [2.45, 2.75) is 47.3 Å². The van der Waals surface area contributed by atoms with Crippen LogP contribution in [0.5, 0.6) is 0 Å². The van der Waals surface area contributed by atoms with E-state index in [1.165, 1.54) is 13.0 Å². The average Bonchev–Trinajstić information content (AvgIpc) is 3.38. The molecule has 8 nitrogen and oxygen atoms in total. The largest absolute Gasteiger partial charge is 0.467 e. The minimum absolute atomic E-state index is 0.405. The van der Waals surface area contributed by atoms with E-state index >= 15 is 0 Å². The summed E-state index contributed by atoms with van der Waals surface area (Å²) in [7, 11) is 1.80. The number of hydrogen-bond donors (Lipinski definition) is 1. The summed E-state index contributed by atoms with van der Waals surface area (Å²) in [6.45, 7) is 9.81. The number of carbonyl (C=O) groups excluding carboxylic acids is 2. The molecule has 0 aliphatic carbocycles. The molecule has 164 valence electrons. The standard InChI is InChI=1S/C23H28N4O4/c1-14-12-19(16(3)27(14)13-20-8-7-11-30-20)9-10-21(28)31-18(5)23(29)24-22-15(2)25-26(6)17(22)4/h7-12,18H,13H2,1-6H3,(H,24,29)/b10-9+/t18-/m1/s1. The van der Waals surface area contributed by atoms with Gasteiger partial charge in [-0.2, -0.15) is 5.10 Å². The van der Waals surface area contributed by atoms with E-state index in [2.05, 4.69) is 15.0 Å². The van der Waals surface area contributed by atoms with Crippen LogP contribution >= 0.6 is 0 Å². The molecule has 0 spiro atoms. The van der Waals surface area contributed by atoms with Gasteiger partial charge in [0, 0.05) is 24.5 Å². The predicted molar refractivity (Wildman–Crippen MR) is 118 cm³/mol. The first-order valence-electron chi connectivity index (χ1n) is 10.1. The lowest BCUT2D eigenvalue weighted by Crippen LogP contribution is -2.29. The monoisotopic (exact) mass is 424 g/mol. The highest BCUT2D eigenvalue weighted by molar-refractivity contribution is 5.97. The minimum Gasteiger partial charge on any atom is -0.467 e. The van der Waals surface area contributed by atoms with Crippen LogP contribution in [0.25, 0.3) is 6.08 Å². The first-order chi connectivity index (χ1) is 14.7. The zero-order chi connectivity index (χ0) is 22.7. The van der Waals surface area contributed by atoms with Gasteiger partial charge in [0.15, 0.2) is 6.10 Å².